The number of rotatable bonds is 4. The minimum atomic E-state index is 0.438. The molecule has 0 heterocycles. The summed E-state index contributed by atoms with van der Waals surface area (Å²) in [6, 6.07) is 6.00. The minimum absolute atomic E-state index is 0.438. The highest BCUT2D eigenvalue weighted by Crippen LogP contribution is 2.59. The molecular formula is C19H27NO. The highest BCUT2D eigenvalue weighted by atomic mass is 16.3. The lowest BCUT2D eigenvalue weighted by Gasteiger charge is -2.57. The molecular weight excluding hydrogens is 258 g/mol. The predicted octanol–water partition coefficient (Wildman–Crippen LogP) is 4.01. The molecule has 0 aliphatic heterocycles. The first kappa shape index (κ1) is 13.6. The van der Waals surface area contributed by atoms with Crippen LogP contribution in [0.1, 0.15) is 49.7 Å². The predicted molar refractivity (Wildman–Crippen MR) is 85.2 cm³/mol. The van der Waals surface area contributed by atoms with Crippen molar-refractivity contribution in [2.24, 2.45) is 23.2 Å². The van der Waals surface area contributed by atoms with Gasteiger partial charge in [-0.2, -0.15) is 0 Å². The first-order valence-electron chi connectivity index (χ1n) is 8.61. The van der Waals surface area contributed by atoms with Gasteiger partial charge in [-0.1, -0.05) is 12.1 Å². The van der Waals surface area contributed by atoms with E-state index in [1.165, 1.54) is 38.5 Å². The van der Waals surface area contributed by atoms with E-state index in [0.717, 1.165) is 42.0 Å². The van der Waals surface area contributed by atoms with Gasteiger partial charge in [0, 0.05) is 18.7 Å². The molecule has 4 bridgehead atoms. The van der Waals surface area contributed by atoms with Crippen LogP contribution in [0.4, 0.5) is 0 Å². The molecule has 21 heavy (non-hydrogen) atoms. The zero-order chi connectivity index (χ0) is 14.4. The molecule has 114 valence electrons. The van der Waals surface area contributed by atoms with Crippen molar-refractivity contribution in [3.8, 4) is 5.75 Å². The summed E-state index contributed by atoms with van der Waals surface area (Å²) in [5.41, 5.74) is 2.73. The second-order valence-electron chi connectivity index (χ2n) is 8.15. The molecule has 2 heteroatoms. The lowest BCUT2D eigenvalue weighted by Crippen LogP contribution is -2.50. The SMILES string of the molecule is Cc1ccc(CNCC23CC4CC(CC(C4)C2)C3)c(O)c1. The number of hydrogen-bond acceptors (Lipinski definition) is 2. The third kappa shape index (κ3) is 2.59. The lowest BCUT2D eigenvalue weighted by atomic mass is 9.49. The van der Waals surface area contributed by atoms with Gasteiger partial charge in [-0.3, -0.25) is 0 Å². The summed E-state index contributed by atoms with van der Waals surface area (Å²) in [4.78, 5) is 0. The van der Waals surface area contributed by atoms with Gasteiger partial charge in [-0.15, -0.1) is 0 Å². The number of hydrogen-bond donors (Lipinski definition) is 2. The summed E-state index contributed by atoms with van der Waals surface area (Å²) in [5, 5.41) is 13.7. The van der Waals surface area contributed by atoms with Crippen molar-refractivity contribution in [3.63, 3.8) is 0 Å². The van der Waals surface area contributed by atoms with Crippen molar-refractivity contribution in [2.45, 2.75) is 52.0 Å². The molecule has 0 aromatic heterocycles. The fraction of sp³-hybridized carbons (Fsp3) is 0.684. The fourth-order valence-corrected chi connectivity index (χ4v) is 5.79. The normalized spacial score (nSPS) is 37.1. The van der Waals surface area contributed by atoms with Gasteiger partial charge in [0.1, 0.15) is 5.75 Å². The summed E-state index contributed by atoms with van der Waals surface area (Å²) in [7, 11) is 0. The van der Waals surface area contributed by atoms with Crippen molar-refractivity contribution < 1.29 is 5.11 Å². The molecule has 4 aliphatic carbocycles. The van der Waals surface area contributed by atoms with Crippen LogP contribution in [0.3, 0.4) is 0 Å². The van der Waals surface area contributed by atoms with E-state index in [1.807, 2.05) is 13.0 Å². The maximum atomic E-state index is 10.0. The fourth-order valence-electron chi connectivity index (χ4n) is 5.79. The number of nitrogens with one attached hydrogen (secondary N) is 1. The Bertz CT molecular complexity index is 501. The second-order valence-corrected chi connectivity index (χ2v) is 8.15. The van der Waals surface area contributed by atoms with Gasteiger partial charge in [-0.25, -0.2) is 0 Å². The van der Waals surface area contributed by atoms with E-state index in [-0.39, 0.29) is 0 Å². The molecule has 0 radical (unpaired) electrons. The van der Waals surface area contributed by atoms with Crippen molar-refractivity contribution in [3.05, 3.63) is 29.3 Å². The smallest absolute Gasteiger partial charge is 0.120 e. The average Bonchev–Trinajstić information content (AvgIpc) is 2.39. The Morgan fingerprint density at radius 1 is 1.10 bits per heavy atom. The van der Waals surface area contributed by atoms with Crippen LogP contribution >= 0.6 is 0 Å². The summed E-state index contributed by atoms with van der Waals surface area (Å²) >= 11 is 0. The third-order valence-electron chi connectivity index (χ3n) is 6.22. The Kier molecular flexibility index (Phi) is 3.25. The van der Waals surface area contributed by atoms with Crippen LogP contribution < -0.4 is 5.32 Å². The van der Waals surface area contributed by atoms with Crippen LogP contribution in [0, 0.1) is 30.1 Å². The first-order chi connectivity index (χ1) is 10.1. The van der Waals surface area contributed by atoms with E-state index in [4.69, 9.17) is 0 Å². The average molecular weight is 285 g/mol. The van der Waals surface area contributed by atoms with Gasteiger partial charge in [0.15, 0.2) is 0 Å². The van der Waals surface area contributed by atoms with Gasteiger partial charge in [-0.05, 0) is 80.2 Å². The van der Waals surface area contributed by atoms with Crippen LogP contribution in [0.15, 0.2) is 18.2 Å². The maximum absolute atomic E-state index is 10.0. The Morgan fingerprint density at radius 3 is 2.29 bits per heavy atom. The van der Waals surface area contributed by atoms with Crippen LogP contribution in [-0.4, -0.2) is 11.7 Å². The van der Waals surface area contributed by atoms with E-state index in [9.17, 15) is 5.11 Å². The molecule has 0 saturated heterocycles. The molecule has 0 spiro atoms. The first-order valence-corrected chi connectivity index (χ1v) is 8.61. The number of aromatic hydroxyl groups is 1. The number of phenols is 1. The Hall–Kier alpha value is -1.02. The summed E-state index contributed by atoms with van der Waals surface area (Å²) < 4.78 is 0. The summed E-state index contributed by atoms with van der Waals surface area (Å²) in [6.45, 7) is 3.96. The Morgan fingerprint density at radius 2 is 1.71 bits per heavy atom. The van der Waals surface area contributed by atoms with Gasteiger partial charge in [0.25, 0.3) is 0 Å². The van der Waals surface area contributed by atoms with Crippen molar-refractivity contribution in [1.82, 2.24) is 5.32 Å². The topological polar surface area (TPSA) is 32.3 Å². The van der Waals surface area contributed by atoms with E-state index in [0.29, 0.717) is 11.2 Å². The van der Waals surface area contributed by atoms with Crippen molar-refractivity contribution in [2.75, 3.05) is 6.54 Å². The van der Waals surface area contributed by atoms with Gasteiger partial charge < -0.3 is 10.4 Å². The number of benzene rings is 1. The molecule has 0 amide bonds. The lowest BCUT2D eigenvalue weighted by molar-refractivity contribution is -0.0514. The molecule has 2 nitrogen and oxygen atoms in total. The molecule has 0 unspecified atom stereocenters. The number of phenolic OH excluding ortho intramolecular Hbond substituents is 1. The Balaban J connectivity index is 1.38. The molecule has 1 aromatic rings. The van der Waals surface area contributed by atoms with E-state index in [2.05, 4.69) is 17.4 Å². The quantitative estimate of drug-likeness (QED) is 0.876. The molecule has 4 aliphatic rings. The monoisotopic (exact) mass is 285 g/mol. The van der Waals surface area contributed by atoms with Gasteiger partial charge in [0.05, 0.1) is 0 Å². The molecule has 1 aromatic carbocycles. The van der Waals surface area contributed by atoms with Crippen LogP contribution in [-0.2, 0) is 6.54 Å². The zero-order valence-electron chi connectivity index (χ0n) is 13.1. The highest BCUT2D eigenvalue weighted by Gasteiger charge is 2.50. The Labute approximate surface area is 128 Å². The second kappa shape index (κ2) is 5.01. The molecule has 2 N–H and O–H groups in total. The zero-order valence-corrected chi connectivity index (χ0v) is 13.1. The number of aryl methyl sites for hydroxylation is 1. The minimum Gasteiger partial charge on any atom is -0.508 e. The van der Waals surface area contributed by atoms with Crippen LogP contribution in [0.25, 0.3) is 0 Å². The summed E-state index contributed by atoms with van der Waals surface area (Å²) in [5.74, 6) is 3.50. The summed E-state index contributed by atoms with van der Waals surface area (Å²) in [6.07, 6.45) is 8.89. The van der Waals surface area contributed by atoms with E-state index < -0.39 is 0 Å². The van der Waals surface area contributed by atoms with Gasteiger partial charge in [0.2, 0.25) is 0 Å². The maximum Gasteiger partial charge on any atom is 0.120 e. The third-order valence-corrected chi connectivity index (χ3v) is 6.22. The largest absolute Gasteiger partial charge is 0.508 e. The standard InChI is InChI=1S/C19H27NO/c1-13-2-3-17(18(21)4-13)11-20-12-19-8-14-5-15(9-19)7-16(6-14)10-19/h2-4,14-16,20-21H,5-12H2,1H3. The highest BCUT2D eigenvalue weighted by molar-refractivity contribution is 5.35. The van der Waals surface area contributed by atoms with Crippen molar-refractivity contribution in [1.29, 1.82) is 0 Å². The molecule has 4 saturated carbocycles. The van der Waals surface area contributed by atoms with Crippen LogP contribution in [0.2, 0.25) is 0 Å². The van der Waals surface area contributed by atoms with Crippen molar-refractivity contribution >= 4 is 0 Å². The molecule has 5 rings (SSSR count). The van der Waals surface area contributed by atoms with E-state index in [1.54, 1.807) is 0 Å². The molecule has 4 fully saturated rings. The van der Waals surface area contributed by atoms with Gasteiger partial charge >= 0.3 is 0 Å². The van der Waals surface area contributed by atoms with E-state index >= 15 is 0 Å². The molecule has 0 atom stereocenters. The van der Waals surface area contributed by atoms with Crippen LogP contribution in [0.5, 0.6) is 5.75 Å².